The van der Waals surface area contributed by atoms with Crippen molar-refractivity contribution in [1.29, 1.82) is 0 Å². The minimum absolute atomic E-state index is 0.761. The predicted octanol–water partition coefficient (Wildman–Crippen LogP) is 3.35. The lowest BCUT2D eigenvalue weighted by atomic mass is 9.82. The van der Waals surface area contributed by atoms with Gasteiger partial charge in [0, 0.05) is 0 Å². The van der Waals surface area contributed by atoms with Crippen molar-refractivity contribution in [3.8, 4) is 0 Å². The zero-order valence-electron chi connectivity index (χ0n) is 10.5. The van der Waals surface area contributed by atoms with Gasteiger partial charge in [-0.2, -0.15) is 0 Å². The van der Waals surface area contributed by atoms with Gasteiger partial charge in [0.25, 0.3) is 0 Å². The molecule has 0 saturated carbocycles. The van der Waals surface area contributed by atoms with Crippen LogP contribution in [0.1, 0.15) is 43.7 Å². The summed E-state index contributed by atoms with van der Waals surface area (Å²) in [6, 6.07) is 9.32. The summed E-state index contributed by atoms with van der Waals surface area (Å²) in [7, 11) is 0. The Morgan fingerprint density at radius 3 is 2.62 bits per heavy atom. The normalized spacial score (nSPS) is 25.6. The van der Waals surface area contributed by atoms with E-state index in [9.17, 15) is 0 Å². The van der Waals surface area contributed by atoms with Crippen LogP contribution in [0, 0.1) is 5.92 Å². The van der Waals surface area contributed by atoms with Crippen LogP contribution in [0.3, 0.4) is 0 Å². The quantitative estimate of drug-likeness (QED) is 0.818. The molecule has 1 N–H and O–H groups in total. The molecule has 2 unspecified atom stereocenters. The maximum Gasteiger partial charge on any atom is -0.00173 e. The molecule has 1 heteroatoms. The number of nitrogens with one attached hydrogen (secondary N) is 1. The molecule has 0 spiro atoms. The number of piperidine rings is 1. The minimum Gasteiger partial charge on any atom is -0.316 e. The summed E-state index contributed by atoms with van der Waals surface area (Å²) in [6.45, 7) is 6.94. The zero-order valence-corrected chi connectivity index (χ0v) is 10.5. The molecule has 88 valence electrons. The number of aryl methyl sites for hydroxylation is 1. The lowest BCUT2D eigenvalue weighted by molar-refractivity contribution is 0.349. The Hall–Kier alpha value is -0.820. The van der Waals surface area contributed by atoms with Crippen LogP contribution in [-0.4, -0.2) is 13.1 Å². The van der Waals surface area contributed by atoms with Crippen molar-refractivity contribution >= 4 is 0 Å². The topological polar surface area (TPSA) is 12.0 Å². The summed E-state index contributed by atoms with van der Waals surface area (Å²) in [5.74, 6) is 1.53. The van der Waals surface area contributed by atoms with Crippen LogP contribution < -0.4 is 5.32 Å². The number of rotatable bonds is 3. The summed E-state index contributed by atoms with van der Waals surface area (Å²) >= 11 is 0. The van der Waals surface area contributed by atoms with E-state index >= 15 is 0 Å². The third kappa shape index (κ3) is 2.65. The maximum absolute atomic E-state index is 3.47. The van der Waals surface area contributed by atoms with Crippen molar-refractivity contribution < 1.29 is 0 Å². The van der Waals surface area contributed by atoms with Gasteiger partial charge in [-0.3, -0.25) is 0 Å². The Balaban J connectivity index is 2.08. The van der Waals surface area contributed by atoms with Gasteiger partial charge in [-0.25, -0.2) is 0 Å². The van der Waals surface area contributed by atoms with Crippen LogP contribution in [-0.2, 0) is 6.42 Å². The summed E-state index contributed by atoms with van der Waals surface area (Å²) in [6.07, 6.45) is 3.74. The summed E-state index contributed by atoms with van der Waals surface area (Å²) < 4.78 is 0. The molecule has 1 aromatic rings. The van der Waals surface area contributed by atoms with E-state index in [1.165, 1.54) is 43.5 Å². The SMILES string of the molecule is CCCc1ccc(C2CCNCC2C)cc1. The highest BCUT2D eigenvalue weighted by molar-refractivity contribution is 5.26. The van der Waals surface area contributed by atoms with Gasteiger partial charge in [0.05, 0.1) is 0 Å². The average molecular weight is 217 g/mol. The maximum atomic E-state index is 3.47. The molecule has 0 bridgehead atoms. The molecule has 1 aliphatic heterocycles. The highest BCUT2D eigenvalue weighted by Gasteiger charge is 2.22. The van der Waals surface area contributed by atoms with E-state index in [1.807, 2.05) is 0 Å². The lowest BCUT2D eigenvalue weighted by Gasteiger charge is -2.30. The average Bonchev–Trinajstić information content (AvgIpc) is 2.31. The van der Waals surface area contributed by atoms with E-state index in [-0.39, 0.29) is 0 Å². The van der Waals surface area contributed by atoms with Crippen LogP contribution in [0.15, 0.2) is 24.3 Å². The molecule has 2 atom stereocenters. The van der Waals surface area contributed by atoms with Crippen molar-refractivity contribution in [2.24, 2.45) is 5.92 Å². The van der Waals surface area contributed by atoms with Crippen molar-refractivity contribution in [2.75, 3.05) is 13.1 Å². The molecule has 1 fully saturated rings. The van der Waals surface area contributed by atoms with E-state index in [0.29, 0.717) is 0 Å². The lowest BCUT2D eigenvalue weighted by Crippen LogP contribution is -2.33. The van der Waals surface area contributed by atoms with E-state index in [2.05, 4.69) is 43.4 Å². The molecule has 0 amide bonds. The molecule has 0 aromatic heterocycles. The molecule has 1 aromatic carbocycles. The first-order valence-corrected chi connectivity index (χ1v) is 6.60. The standard InChI is InChI=1S/C15H23N/c1-3-4-13-5-7-14(8-6-13)15-9-10-16-11-12(15)2/h5-8,12,15-16H,3-4,9-11H2,1-2H3. The Morgan fingerprint density at radius 2 is 2.00 bits per heavy atom. The molecule has 2 rings (SSSR count). The van der Waals surface area contributed by atoms with Crippen LogP contribution in [0.2, 0.25) is 0 Å². The second-order valence-corrected chi connectivity index (χ2v) is 5.07. The smallest absolute Gasteiger partial charge is 0.00173 e. The minimum atomic E-state index is 0.761. The van der Waals surface area contributed by atoms with Gasteiger partial charge in [-0.15, -0.1) is 0 Å². The Bertz CT molecular complexity index is 315. The molecule has 1 saturated heterocycles. The van der Waals surface area contributed by atoms with E-state index < -0.39 is 0 Å². The Morgan fingerprint density at radius 1 is 1.25 bits per heavy atom. The molecule has 1 nitrogen and oxygen atoms in total. The molecule has 0 aliphatic carbocycles. The largest absolute Gasteiger partial charge is 0.316 e. The van der Waals surface area contributed by atoms with Gasteiger partial charge in [-0.1, -0.05) is 44.5 Å². The fourth-order valence-corrected chi connectivity index (χ4v) is 2.73. The predicted molar refractivity (Wildman–Crippen MR) is 69.8 cm³/mol. The summed E-state index contributed by atoms with van der Waals surface area (Å²) in [5, 5.41) is 3.47. The van der Waals surface area contributed by atoms with Crippen LogP contribution >= 0.6 is 0 Å². The molecule has 0 radical (unpaired) electrons. The van der Waals surface area contributed by atoms with Crippen LogP contribution in [0.25, 0.3) is 0 Å². The van der Waals surface area contributed by atoms with Crippen molar-refractivity contribution in [1.82, 2.24) is 5.32 Å². The number of benzene rings is 1. The second-order valence-electron chi connectivity index (χ2n) is 5.07. The van der Waals surface area contributed by atoms with Gasteiger partial charge >= 0.3 is 0 Å². The van der Waals surface area contributed by atoms with Crippen molar-refractivity contribution in [2.45, 2.75) is 39.0 Å². The van der Waals surface area contributed by atoms with E-state index in [1.54, 1.807) is 0 Å². The third-order valence-corrected chi connectivity index (χ3v) is 3.73. The monoisotopic (exact) mass is 217 g/mol. The third-order valence-electron chi connectivity index (χ3n) is 3.73. The summed E-state index contributed by atoms with van der Waals surface area (Å²) in [4.78, 5) is 0. The molecular formula is C15H23N. The first kappa shape index (κ1) is 11.7. The van der Waals surface area contributed by atoms with E-state index in [0.717, 1.165) is 11.8 Å². The second kappa shape index (κ2) is 5.49. The van der Waals surface area contributed by atoms with Crippen molar-refractivity contribution in [3.05, 3.63) is 35.4 Å². The molecule has 1 aliphatic rings. The number of hydrogen-bond acceptors (Lipinski definition) is 1. The molecule has 1 heterocycles. The van der Waals surface area contributed by atoms with Gasteiger partial charge in [0.2, 0.25) is 0 Å². The Labute approximate surface area is 99.3 Å². The highest BCUT2D eigenvalue weighted by Crippen LogP contribution is 2.30. The molecular weight excluding hydrogens is 194 g/mol. The van der Waals surface area contributed by atoms with E-state index in [4.69, 9.17) is 0 Å². The fraction of sp³-hybridized carbons (Fsp3) is 0.600. The molecule has 16 heavy (non-hydrogen) atoms. The Kier molecular flexibility index (Phi) is 4.00. The zero-order chi connectivity index (χ0) is 11.4. The summed E-state index contributed by atoms with van der Waals surface area (Å²) in [5.41, 5.74) is 3.02. The van der Waals surface area contributed by atoms with Crippen LogP contribution in [0.4, 0.5) is 0 Å². The highest BCUT2D eigenvalue weighted by atomic mass is 14.9. The number of hydrogen-bond donors (Lipinski definition) is 1. The van der Waals surface area contributed by atoms with Gasteiger partial charge in [-0.05, 0) is 48.9 Å². The van der Waals surface area contributed by atoms with Gasteiger partial charge in [0.15, 0.2) is 0 Å². The van der Waals surface area contributed by atoms with Crippen LogP contribution in [0.5, 0.6) is 0 Å². The first-order valence-electron chi connectivity index (χ1n) is 6.60. The van der Waals surface area contributed by atoms with Gasteiger partial charge < -0.3 is 5.32 Å². The van der Waals surface area contributed by atoms with Crippen molar-refractivity contribution in [3.63, 3.8) is 0 Å². The van der Waals surface area contributed by atoms with Gasteiger partial charge in [0.1, 0.15) is 0 Å². The fourth-order valence-electron chi connectivity index (χ4n) is 2.73. The first-order chi connectivity index (χ1) is 7.81.